The van der Waals surface area contributed by atoms with E-state index in [-0.39, 0.29) is 5.91 Å². The first-order valence-corrected chi connectivity index (χ1v) is 4.97. The van der Waals surface area contributed by atoms with E-state index in [4.69, 9.17) is 10.3 Å². The van der Waals surface area contributed by atoms with E-state index in [1.165, 1.54) is 0 Å². The Balaban J connectivity index is 2.55. The standard InChI is InChI=1S/C10H17N3O2/c1-4-9(11)10(14)13(3)6-8-5-7(2)15-12-8/h5,9H,4,6,11H2,1-3H3/t9-/m0/s1. The van der Waals surface area contributed by atoms with E-state index in [1.807, 2.05) is 13.8 Å². The van der Waals surface area contributed by atoms with Gasteiger partial charge in [-0.1, -0.05) is 12.1 Å². The molecule has 0 bridgehead atoms. The third kappa shape index (κ3) is 3.06. The number of hydrogen-bond donors (Lipinski definition) is 1. The molecule has 0 saturated heterocycles. The highest BCUT2D eigenvalue weighted by Gasteiger charge is 2.17. The fourth-order valence-corrected chi connectivity index (χ4v) is 1.27. The van der Waals surface area contributed by atoms with Crippen LogP contribution in [-0.2, 0) is 11.3 Å². The van der Waals surface area contributed by atoms with Crippen molar-refractivity contribution in [3.63, 3.8) is 0 Å². The normalized spacial score (nSPS) is 12.5. The molecule has 0 unspecified atom stereocenters. The van der Waals surface area contributed by atoms with Crippen LogP contribution in [0.3, 0.4) is 0 Å². The predicted octanol–water partition coefficient (Wildman–Crippen LogP) is 0.679. The highest BCUT2D eigenvalue weighted by atomic mass is 16.5. The second-order valence-electron chi connectivity index (χ2n) is 3.64. The first-order valence-electron chi connectivity index (χ1n) is 4.97. The number of nitrogens with zero attached hydrogens (tertiary/aromatic N) is 2. The summed E-state index contributed by atoms with van der Waals surface area (Å²) in [5.41, 5.74) is 6.38. The van der Waals surface area contributed by atoms with Crippen LogP contribution < -0.4 is 5.73 Å². The molecule has 0 aliphatic rings. The Morgan fingerprint density at radius 2 is 2.40 bits per heavy atom. The van der Waals surface area contributed by atoms with E-state index in [0.29, 0.717) is 13.0 Å². The summed E-state index contributed by atoms with van der Waals surface area (Å²) in [6, 6.07) is 1.38. The van der Waals surface area contributed by atoms with Crippen LogP contribution in [0.4, 0.5) is 0 Å². The molecule has 0 spiro atoms. The average Bonchev–Trinajstić information content (AvgIpc) is 2.61. The van der Waals surface area contributed by atoms with Crippen LogP contribution in [0.15, 0.2) is 10.6 Å². The number of aryl methyl sites for hydroxylation is 1. The number of hydrogen-bond acceptors (Lipinski definition) is 4. The molecule has 1 heterocycles. The summed E-state index contributed by atoms with van der Waals surface area (Å²) < 4.78 is 4.91. The monoisotopic (exact) mass is 211 g/mol. The van der Waals surface area contributed by atoms with Crippen molar-refractivity contribution in [1.82, 2.24) is 10.1 Å². The van der Waals surface area contributed by atoms with Gasteiger partial charge < -0.3 is 15.2 Å². The summed E-state index contributed by atoms with van der Waals surface area (Å²) in [7, 11) is 1.71. The van der Waals surface area contributed by atoms with Gasteiger partial charge >= 0.3 is 0 Å². The average molecular weight is 211 g/mol. The topological polar surface area (TPSA) is 72.4 Å². The third-order valence-corrected chi connectivity index (χ3v) is 2.21. The predicted molar refractivity (Wildman–Crippen MR) is 56.0 cm³/mol. The summed E-state index contributed by atoms with van der Waals surface area (Å²) in [6.07, 6.45) is 0.640. The highest BCUT2D eigenvalue weighted by Crippen LogP contribution is 2.05. The first kappa shape index (κ1) is 11.7. The number of amides is 1. The number of rotatable bonds is 4. The van der Waals surface area contributed by atoms with E-state index in [1.54, 1.807) is 18.0 Å². The largest absolute Gasteiger partial charge is 0.361 e. The smallest absolute Gasteiger partial charge is 0.239 e. The molecular formula is C10H17N3O2. The van der Waals surface area contributed by atoms with Crippen molar-refractivity contribution < 1.29 is 9.32 Å². The minimum absolute atomic E-state index is 0.0712. The van der Waals surface area contributed by atoms with Gasteiger partial charge in [-0.2, -0.15) is 0 Å². The van der Waals surface area contributed by atoms with Gasteiger partial charge in [0.1, 0.15) is 11.5 Å². The molecule has 1 aromatic rings. The molecule has 5 heteroatoms. The maximum Gasteiger partial charge on any atom is 0.239 e. The molecule has 1 amide bonds. The van der Waals surface area contributed by atoms with E-state index < -0.39 is 6.04 Å². The van der Waals surface area contributed by atoms with E-state index in [2.05, 4.69) is 5.16 Å². The quantitative estimate of drug-likeness (QED) is 0.794. The van der Waals surface area contributed by atoms with Crippen molar-refractivity contribution in [2.75, 3.05) is 7.05 Å². The first-order chi connectivity index (χ1) is 7.04. The van der Waals surface area contributed by atoms with Crippen LogP contribution in [-0.4, -0.2) is 29.1 Å². The van der Waals surface area contributed by atoms with Crippen molar-refractivity contribution in [3.05, 3.63) is 17.5 Å². The maximum absolute atomic E-state index is 11.6. The summed E-state index contributed by atoms with van der Waals surface area (Å²) in [4.78, 5) is 13.2. The lowest BCUT2D eigenvalue weighted by molar-refractivity contribution is -0.131. The maximum atomic E-state index is 11.6. The van der Waals surface area contributed by atoms with E-state index >= 15 is 0 Å². The molecule has 0 aliphatic carbocycles. The van der Waals surface area contributed by atoms with Gasteiger partial charge in [-0.15, -0.1) is 0 Å². The zero-order valence-electron chi connectivity index (χ0n) is 9.36. The van der Waals surface area contributed by atoms with Crippen molar-refractivity contribution in [2.24, 2.45) is 5.73 Å². The minimum Gasteiger partial charge on any atom is -0.361 e. The van der Waals surface area contributed by atoms with Gasteiger partial charge in [0.15, 0.2) is 0 Å². The number of carbonyl (C=O) groups is 1. The van der Waals surface area contributed by atoms with Gasteiger partial charge in [-0.3, -0.25) is 4.79 Å². The number of carbonyl (C=O) groups excluding carboxylic acids is 1. The summed E-state index contributed by atoms with van der Waals surface area (Å²) in [5.74, 6) is 0.670. The van der Waals surface area contributed by atoms with Gasteiger partial charge in [0.25, 0.3) is 0 Å². The van der Waals surface area contributed by atoms with Crippen molar-refractivity contribution in [3.8, 4) is 0 Å². The molecule has 84 valence electrons. The molecule has 2 N–H and O–H groups in total. The Morgan fingerprint density at radius 3 is 2.87 bits per heavy atom. The fourth-order valence-electron chi connectivity index (χ4n) is 1.27. The summed E-state index contributed by atoms with van der Waals surface area (Å²) in [6.45, 7) is 4.14. The molecule has 0 aliphatic heterocycles. The Labute approximate surface area is 89.2 Å². The van der Waals surface area contributed by atoms with E-state index in [9.17, 15) is 4.79 Å². The van der Waals surface area contributed by atoms with Gasteiger partial charge in [0.05, 0.1) is 12.6 Å². The molecule has 0 saturated carbocycles. The van der Waals surface area contributed by atoms with Gasteiger partial charge in [-0.25, -0.2) is 0 Å². The lowest BCUT2D eigenvalue weighted by atomic mass is 10.2. The molecule has 1 atom stereocenters. The number of nitrogens with two attached hydrogens (primary N) is 1. The Hall–Kier alpha value is -1.36. The molecule has 0 aromatic carbocycles. The molecule has 0 radical (unpaired) electrons. The van der Waals surface area contributed by atoms with Crippen molar-refractivity contribution in [1.29, 1.82) is 0 Å². The van der Waals surface area contributed by atoms with Crippen LogP contribution in [0.1, 0.15) is 24.8 Å². The van der Waals surface area contributed by atoms with Crippen LogP contribution in [0.2, 0.25) is 0 Å². The Bertz CT molecular complexity index is 335. The van der Waals surface area contributed by atoms with Gasteiger partial charge in [0, 0.05) is 13.1 Å². The fraction of sp³-hybridized carbons (Fsp3) is 0.600. The molecule has 5 nitrogen and oxygen atoms in total. The molecular weight excluding hydrogens is 194 g/mol. The molecule has 1 aromatic heterocycles. The second-order valence-corrected chi connectivity index (χ2v) is 3.64. The van der Waals surface area contributed by atoms with Crippen LogP contribution in [0.5, 0.6) is 0 Å². The number of aromatic nitrogens is 1. The molecule has 15 heavy (non-hydrogen) atoms. The Kier molecular flexibility index (Phi) is 3.85. The Morgan fingerprint density at radius 1 is 1.73 bits per heavy atom. The SMILES string of the molecule is CC[C@H](N)C(=O)N(C)Cc1cc(C)on1. The lowest BCUT2D eigenvalue weighted by Crippen LogP contribution is -2.40. The summed E-state index contributed by atoms with van der Waals surface area (Å²) >= 11 is 0. The van der Waals surface area contributed by atoms with Gasteiger partial charge in [-0.05, 0) is 13.3 Å². The van der Waals surface area contributed by atoms with Gasteiger partial charge in [0.2, 0.25) is 5.91 Å². The summed E-state index contributed by atoms with van der Waals surface area (Å²) in [5, 5.41) is 3.81. The van der Waals surface area contributed by atoms with Crippen LogP contribution in [0, 0.1) is 6.92 Å². The lowest BCUT2D eigenvalue weighted by Gasteiger charge is -2.19. The zero-order valence-corrected chi connectivity index (χ0v) is 9.36. The zero-order chi connectivity index (χ0) is 11.4. The second kappa shape index (κ2) is 4.93. The third-order valence-electron chi connectivity index (χ3n) is 2.21. The van der Waals surface area contributed by atoms with Crippen LogP contribution in [0.25, 0.3) is 0 Å². The number of likely N-dealkylation sites (N-methyl/N-ethyl adjacent to an activating group) is 1. The van der Waals surface area contributed by atoms with Crippen molar-refractivity contribution >= 4 is 5.91 Å². The molecule has 0 fully saturated rings. The van der Waals surface area contributed by atoms with Crippen LogP contribution >= 0.6 is 0 Å². The van der Waals surface area contributed by atoms with E-state index in [0.717, 1.165) is 11.5 Å². The minimum atomic E-state index is -0.428. The highest BCUT2D eigenvalue weighted by molar-refractivity contribution is 5.81. The van der Waals surface area contributed by atoms with Crippen molar-refractivity contribution in [2.45, 2.75) is 32.9 Å². The molecule has 1 rings (SSSR count).